The van der Waals surface area contributed by atoms with E-state index in [1.54, 1.807) is 6.20 Å². The third-order valence-electron chi connectivity index (χ3n) is 5.03. The molecule has 8 heteroatoms. The number of fused-ring (bicyclic) bond motifs is 5. The highest BCUT2D eigenvalue weighted by atomic mass is 16.5. The van der Waals surface area contributed by atoms with E-state index in [1.807, 2.05) is 41.9 Å². The summed E-state index contributed by atoms with van der Waals surface area (Å²) in [6.07, 6.45) is 4.10. The monoisotopic (exact) mass is 356 g/mol. The van der Waals surface area contributed by atoms with Crippen molar-refractivity contribution < 1.29 is 9.53 Å². The number of likely N-dealkylation sites (N-methyl/N-ethyl adjacent to an activating group) is 1. The van der Waals surface area contributed by atoms with Crippen molar-refractivity contribution in [2.45, 2.75) is 31.3 Å². The zero-order chi connectivity index (χ0) is 18.1. The van der Waals surface area contributed by atoms with E-state index >= 15 is 0 Å². The van der Waals surface area contributed by atoms with Crippen molar-refractivity contribution in [3.05, 3.63) is 30.1 Å². The first kappa shape index (κ1) is 16.8. The van der Waals surface area contributed by atoms with Crippen LogP contribution in [-0.2, 0) is 18.3 Å². The maximum atomic E-state index is 12.7. The Morgan fingerprint density at radius 2 is 2.19 bits per heavy atom. The van der Waals surface area contributed by atoms with Crippen molar-refractivity contribution in [1.82, 2.24) is 25.0 Å². The Kier molecular flexibility index (Phi) is 4.50. The Morgan fingerprint density at radius 1 is 1.31 bits per heavy atom. The quantitative estimate of drug-likeness (QED) is 0.737. The molecule has 2 aliphatic rings. The van der Waals surface area contributed by atoms with Gasteiger partial charge in [-0.25, -0.2) is 0 Å². The Bertz CT molecular complexity index is 805. The van der Waals surface area contributed by atoms with E-state index < -0.39 is 0 Å². The molecule has 4 rings (SSSR count). The van der Waals surface area contributed by atoms with Crippen molar-refractivity contribution in [2.75, 3.05) is 25.5 Å². The smallest absolute Gasteiger partial charge is 0.239 e. The van der Waals surface area contributed by atoms with Gasteiger partial charge in [-0.05, 0) is 25.3 Å². The number of carbonyl (C=O) groups is 1. The lowest BCUT2D eigenvalue weighted by atomic mass is 10.1. The van der Waals surface area contributed by atoms with Gasteiger partial charge in [0.1, 0.15) is 5.82 Å². The molecule has 26 heavy (non-hydrogen) atoms. The molecular formula is C18H24N6O2. The third kappa shape index (κ3) is 3.37. The fourth-order valence-corrected chi connectivity index (χ4v) is 3.58. The number of nitrogens with one attached hydrogen (secondary N) is 2. The molecule has 2 aromatic rings. The van der Waals surface area contributed by atoms with Crippen molar-refractivity contribution in [2.24, 2.45) is 7.05 Å². The summed E-state index contributed by atoms with van der Waals surface area (Å²) in [5.74, 6) is 2.14. The van der Waals surface area contributed by atoms with Crippen LogP contribution in [0.3, 0.4) is 0 Å². The molecule has 0 radical (unpaired) electrons. The van der Waals surface area contributed by atoms with E-state index in [0.717, 1.165) is 37.3 Å². The number of nitrogens with zero attached hydrogens (tertiary/aromatic N) is 4. The van der Waals surface area contributed by atoms with Gasteiger partial charge in [0.05, 0.1) is 17.9 Å². The summed E-state index contributed by atoms with van der Waals surface area (Å²) in [5, 5.41) is 11.0. The minimum absolute atomic E-state index is 0.144. The number of anilines is 1. The first-order valence-electron chi connectivity index (χ1n) is 9.01. The lowest BCUT2D eigenvalue weighted by Gasteiger charge is -2.21. The number of hydrogen-bond acceptors (Lipinski definition) is 6. The number of aryl methyl sites for hydroxylation is 1. The largest absolute Gasteiger partial charge is 0.435 e. The second-order valence-electron chi connectivity index (χ2n) is 6.94. The fraction of sp³-hybridized carbons (Fsp3) is 0.500. The van der Waals surface area contributed by atoms with Gasteiger partial charge in [0, 0.05) is 39.3 Å². The summed E-state index contributed by atoms with van der Waals surface area (Å²) < 4.78 is 7.81. The van der Waals surface area contributed by atoms with Crippen molar-refractivity contribution in [3.8, 4) is 11.6 Å². The molecule has 1 amide bonds. The van der Waals surface area contributed by atoms with Gasteiger partial charge in [-0.2, -0.15) is 10.1 Å². The molecule has 2 aliphatic heterocycles. The van der Waals surface area contributed by atoms with Gasteiger partial charge in [-0.1, -0.05) is 6.07 Å². The highest BCUT2D eigenvalue weighted by molar-refractivity contribution is 5.82. The van der Waals surface area contributed by atoms with E-state index in [2.05, 4.69) is 20.7 Å². The molecule has 4 bridgehead atoms. The maximum absolute atomic E-state index is 12.7. The van der Waals surface area contributed by atoms with Gasteiger partial charge >= 0.3 is 0 Å². The molecule has 4 heterocycles. The molecular weight excluding hydrogens is 332 g/mol. The summed E-state index contributed by atoms with van der Waals surface area (Å²) in [5.41, 5.74) is 1.00. The SMILES string of the molecule is CN1CCCc2c(cnn2C)Oc2cccc(n2)N[C@@H]2CN[C@@H](C2)C1=O. The Labute approximate surface area is 152 Å². The Balaban J connectivity index is 1.64. The number of amides is 1. The lowest BCUT2D eigenvalue weighted by molar-refractivity contribution is -0.131. The second kappa shape index (κ2) is 6.95. The second-order valence-corrected chi connectivity index (χ2v) is 6.94. The average Bonchev–Trinajstić information content (AvgIpc) is 3.22. The number of aromatic nitrogens is 3. The molecule has 2 N–H and O–H groups in total. The molecule has 138 valence electrons. The number of rotatable bonds is 0. The fourth-order valence-electron chi connectivity index (χ4n) is 3.58. The topological polar surface area (TPSA) is 84.3 Å². The predicted molar refractivity (Wildman–Crippen MR) is 97.3 cm³/mol. The summed E-state index contributed by atoms with van der Waals surface area (Å²) in [6, 6.07) is 5.69. The Hall–Kier alpha value is -2.61. The van der Waals surface area contributed by atoms with Gasteiger partial charge in [0.2, 0.25) is 11.8 Å². The molecule has 0 unspecified atom stereocenters. The molecule has 2 aromatic heterocycles. The summed E-state index contributed by atoms with van der Waals surface area (Å²) in [4.78, 5) is 19.0. The van der Waals surface area contributed by atoms with Crippen molar-refractivity contribution in [3.63, 3.8) is 0 Å². The van der Waals surface area contributed by atoms with E-state index in [9.17, 15) is 4.79 Å². The third-order valence-corrected chi connectivity index (χ3v) is 5.03. The molecule has 1 fully saturated rings. The number of carbonyl (C=O) groups excluding carboxylic acids is 1. The molecule has 0 spiro atoms. The van der Waals surface area contributed by atoms with Crippen LogP contribution in [0.4, 0.5) is 5.82 Å². The molecule has 1 saturated heterocycles. The first-order valence-corrected chi connectivity index (χ1v) is 9.01. The van der Waals surface area contributed by atoms with Crippen LogP contribution in [0.2, 0.25) is 0 Å². The molecule has 8 nitrogen and oxygen atoms in total. The molecule has 0 aliphatic carbocycles. The average molecular weight is 356 g/mol. The van der Waals surface area contributed by atoms with Crippen LogP contribution in [0.15, 0.2) is 24.4 Å². The zero-order valence-corrected chi connectivity index (χ0v) is 15.1. The van der Waals surface area contributed by atoms with Crippen LogP contribution < -0.4 is 15.4 Å². The van der Waals surface area contributed by atoms with E-state index in [4.69, 9.17) is 4.74 Å². The van der Waals surface area contributed by atoms with Gasteiger partial charge in [-0.15, -0.1) is 0 Å². The molecule has 2 atom stereocenters. The minimum Gasteiger partial charge on any atom is -0.435 e. The standard InChI is InChI=1S/C18H24N6O2/c1-23-8-4-5-14-15(11-20-24(14)2)26-17-7-3-6-16(22-17)21-12-9-13(18(23)25)19-10-12/h3,6-7,11-13,19H,4-5,8-10H2,1-2H3,(H,21,22)/t12-,13-/m0/s1. The van der Waals surface area contributed by atoms with Gasteiger partial charge < -0.3 is 20.3 Å². The van der Waals surface area contributed by atoms with Crippen LogP contribution in [0.1, 0.15) is 18.5 Å². The van der Waals surface area contributed by atoms with Gasteiger partial charge in [0.25, 0.3) is 0 Å². The van der Waals surface area contributed by atoms with E-state index in [0.29, 0.717) is 18.2 Å². The molecule has 0 aromatic carbocycles. The first-order chi connectivity index (χ1) is 12.6. The lowest BCUT2D eigenvalue weighted by Crippen LogP contribution is -2.42. The summed E-state index contributed by atoms with van der Waals surface area (Å²) in [6.45, 7) is 1.44. The van der Waals surface area contributed by atoms with E-state index in [1.165, 1.54) is 0 Å². The van der Waals surface area contributed by atoms with Crippen LogP contribution in [0.5, 0.6) is 11.6 Å². The number of pyridine rings is 1. The van der Waals surface area contributed by atoms with Gasteiger partial charge in [0.15, 0.2) is 5.75 Å². The van der Waals surface area contributed by atoms with Crippen molar-refractivity contribution >= 4 is 11.7 Å². The van der Waals surface area contributed by atoms with Crippen LogP contribution >= 0.6 is 0 Å². The number of hydrogen-bond donors (Lipinski definition) is 2. The predicted octanol–water partition coefficient (Wildman–Crippen LogP) is 1.15. The zero-order valence-electron chi connectivity index (χ0n) is 15.1. The highest BCUT2D eigenvalue weighted by Gasteiger charge is 2.31. The Morgan fingerprint density at radius 3 is 3.08 bits per heavy atom. The van der Waals surface area contributed by atoms with Crippen LogP contribution in [0.25, 0.3) is 0 Å². The maximum Gasteiger partial charge on any atom is 0.239 e. The minimum atomic E-state index is -0.144. The van der Waals surface area contributed by atoms with Crippen LogP contribution in [0, 0.1) is 0 Å². The molecule has 0 saturated carbocycles. The number of ether oxygens (including phenoxy) is 1. The summed E-state index contributed by atoms with van der Waals surface area (Å²) in [7, 11) is 3.77. The summed E-state index contributed by atoms with van der Waals surface area (Å²) >= 11 is 0. The van der Waals surface area contributed by atoms with Crippen LogP contribution in [-0.4, -0.2) is 57.8 Å². The van der Waals surface area contributed by atoms with E-state index in [-0.39, 0.29) is 18.0 Å². The normalized spacial score (nSPS) is 23.5. The van der Waals surface area contributed by atoms with Crippen molar-refractivity contribution in [1.29, 1.82) is 0 Å². The highest BCUT2D eigenvalue weighted by Crippen LogP contribution is 2.26. The van der Waals surface area contributed by atoms with Gasteiger partial charge in [-0.3, -0.25) is 9.48 Å².